The van der Waals surface area contributed by atoms with E-state index in [-0.39, 0.29) is 42.5 Å². The van der Waals surface area contributed by atoms with Gasteiger partial charge in [-0.2, -0.15) is 13.2 Å². The molecule has 1 amide bonds. The monoisotopic (exact) mass is 582 g/mol. The Morgan fingerprint density at radius 2 is 1.88 bits per heavy atom. The van der Waals surface area contributed by atoms with Gasteiger partial charge in [0.25, 0.3) is 5.91 Å². The first-order valence-electron chi connectivity index (χ1n) is 13.7. The number of aromatic carboxylic acids is 1. The Bertz CT molecular complexity index is 1290. The first kappa shape index (κ1) is 29.2. The van der Waals surface area contributed by atoms with Gasteiger partial charge < -0.3 is 19.9 Å². The number of benzene rings is 2. The largest absolute Gasteiger partial charge is 0.489 e. The summed E-state index contributed by atoms with van der Waals surface area (Å²) >= 11 is 0. The van der Waals surface area contributed by atoms with Gasteiger partial charge in [-0.15, -0.1) is 0 Å². The molecule has 222 valence electrons. The topological polar surface area (TPSA) is 88.1 Å². The molecule has 2 saturated heterocycles. The van der Waals surface area contributed by atoms with Crippen molar-refractivity contribution in [3.8, 4) is 5.75 Å². The predicted octanol–water partition coefficient (Wildman–Crippen LogP) is 5.17. The summed E-state index contributed by atoms with van der Waals surface area (Å²) in [6.45, 7) is 1.38. The second-order valence-corrected chi connectivity index (χ2v) is 11.0. The summed E-state index contributed by atoms with van der Waals surface area (Å²) in [5, 5.41) is 11.9. The van der Waals surface area contributed by atoms with E-state index in [9.17, 15) is 36.6 Å². The lowest BCUT2D eigenvalue weighted by molar-refractivity contribution is -0.166. The average molecular weight is 583 g/mol. The number of carbonyl (C=O) groups excluding carboxylic acids is 1. The molecule has 41 heavy (non-hydrogen) atoms. The number of piperidine rings is 1. The lowest BCUT2D eigenvalue weighted by atomic mass is 9.85. The molecule has 7 nitrogen and oxygen atoms in total. The van der Waals surface area contributed by atoms with Crippen molar-refractivity contribution in [2.75, 3.05) is 19.7 Å². The van der Waals surface area contributed by atoms with E-state index in [0.717, 1.165) is 50.4 Å². The highest BCUT2D eigenvalue weighted by molar-refractivity contribution is 5.88. The van der Waals surface area contributed by atoms with Crippen molar-refractivity contribution in [1.29, 1.82) is 0 Å². The van der Waals surface area contributed by atoms with Crippen molar-refractivity contribution in [3.63, 3.8) is 0 Å². The standard InChI is InChI=1S/C29H31F5N2O5/c30-20-11-17(10-19(12-20)29(32,33)34)14-35-27(39)28(18-3-4-18)8-7-21(16-40-28)36-9-1-2-23(15-36)41-22-5-6-25(31)24(13-22)26(37)38/h5-6,10-13,18,21,23H,1-4,7-9,14-16H2,(H,35,39)(H,37,38)/t21-,23+,28+/m1/s1. The van der Waals surface area contributed by atoms with Crippen molar-refractivity contribution in [3.05, 3.63) is 64.7 Å². The summed E-state index contributed by atoms with van der Waals surface area (Å²) in [4.78, 5) is 26.8. The van der Waals surface area contributed by atoms with Gasteiger partial charge >= 0.3 is 12.1 Å². The number of rotatable bonds is 8. The van der Waals surface area contributed by atoms with E-state index < -0.39 is 46.4 Å². The number of nitrogens with zero attached hydrogens (tertiary/aromatic N) is 1. The molecule has 5 rings (SSSR count). The minimum atomic E-state index is -4.70. The van der Waals surface area contributed by atoms with Crippen LogP contribution in [0.2, 0.25) is 0 Å². The molecule has 0 radical (unpaired) electrons. The number of halogens is 5. The molecule has 3 aliphatic rings. The van der Waals surface area contributed by atoms with Gasteiger partial charge in [-0.3, -0.25) is 9.69 Å². The highest BCUT2D eigenvalue weighted by Gasteiger charge is 2.54. The molecular weight excluding hydrogens is 551 g/mol. The molecule has 0 aromatic heterocycles. The molecular formula is C29H31F5N2O5. The van der Waals surface area contributed by atoms with Crippen LogP contribution >= 0.6 is 0 Å². The molecule has 0 bridgehead atoms. The van der Waals surface area contributed by atoms with E-state index in [1.54, 1.807) is 0 Å². The molecule has 0 unspecified atom stereocenters. The first-order chi connectivity index (χ1) is 19.4. The lowest BCUT2D eigenvalue weighted by Crippen LogP contribution is -2.58. The van der Waals surface area contributed by atoms with Crippen molar-refractivity contribution >= 4 is 11.9 Å². The van der Waals surface area contributed by atoms with E-state index in [4.69, 9.17) is 9.47 Å². The minimum absolute atomic E-state index is 0.0149. The average Bonchev–Trinajstić information content (AvgIpc) is 3.78. The summed E-state index contributed by atoms with van der Waals surface area (Å²) in [5.41, 5.74) is -2.63. The summed E-state index contributed by atoms with van der Waals surface area (Å²) in [7, 11) is 0. The van der Waals surface area contributed by atoms with Crippen molar-refractivity contribution in [2.24, 2.45) is 5.92 Å². The fourth-order valence-electron chi connectivity index (χ4n) is 5.88. The van der Waals surface area contributed by atoms with Crippen LogP contribution < -0.4 is 10.1 Å². The Hall–Kier alpha value is -3.25. The number of hydrogen-bond donors (Lipinski definition) is 2. The Balaban J connectivity index is 1.18. The highest BCUT2D eigenvalue weighted by atomic mass is 19.4. The van der Waals surface area contributed by atoms with Crippen LogP contribution in [0.4, 0.5) is 22.0 Å². The Kier molecular flexibility index (Phi) is 8.24. The van der Waals surface area contributed by atoms with E-state index in [0.29, 0.717) is 25.5 Å². The van der Waals surface area contributed by atoms with Gasteiger partial charge in [0.05, 0.1) is 17.7 Å². The fraction of sp³-hybridized carbons (Fsp3) is 0.517. The van der Waals surface area contributed by atoms with E-state index in [2.05, 4.69) is 10.2 Å². The Morgan fingerprint density at radius 1 is 1.10 bits per heavy atom. The molecule has 0 spiro atoms. The Morgan fingerprint density at radius 3 is 2.54 bits per heavy atom. The quantitative estimate of drug-likeness (QED) is 0.418. The summed E-state index contributed by atoms with van der Waals surface area (Å²) < 4.78 is 79.0. The SMILES string of the molecule is O=C(O)c1cc(O[C@H]2CCCN([C@@H]3CC[C@@](C(=O)NCc4cc(F)cc(C(F)(F)F)c4)(C4CC4)OC3)C2)ccc1F. The molecule has 2 heterocycles. The maximum absolute atomic E-state index is 13.8. The number of carbonyl (C=O) groups is 2. The molecule has 2 aliphatic heterocycles. The summed E-state index contributed by atoms with van der Waals surface area (Å²) in [6, 6.07) is 5.89. The lowest BCUT2D eigenvalue weighted by Gasteiger charge is -2.45. The van der Waals surface area contributed by atoms with Gasteiger partial charge in [0.15, 0.2) is 0 Å². The molecule has 2 aromatic rings. The second-order valence-electron chi connectivity index (χ2n) is 11.0. The number of nitrogens with one attached hydrogen (secondary N) is 1. The number of carboxylic acid groups (broad SMARTS) is 1. The molecule has 3 fully saturated rings. The number of ether oxygens (including phenoxy) is 2. The zero-order valence-electron chi connectivity index (χ0n) is 22.2. The smallest absolute Gasteiger partial charge is 0.416 e. The second kappa shape index (κ2) is 11.6. The van der Waals surface area contributed by atoms with Crippen molar-refractivity contribution < 1.29 is 46.1 Å². The van der Waals surface area contributed by atoms with Crippen LogP contribution in [0.1, 0.15) is 60.0 Å². The summed E-state index contributed by atoms with van der Waals surface area (Å²) in [5.74, 6) is -3.34. The van der Waals surface area contributed by atoms with Crippen LogP contribution in [0.5, 0.6) is 5.75 Å². The van der Waals surface area contributed by atoms with Gasteiger partial charge in [-0.25, -0.2) is 13.6 Å². The van der Waals surface area contributed by atoms with Crippen LogP contribution in [-0.4, -0.2) is 59.3 Å². The molecule has 3 atom stereocenters. The zero-order chi connectivity index (χ0) is 29.4. The van der Waals surface area contributed by atoms with E-state index >= 15 is 0 Å². The Labute approximate surface area is 233 Å². The van der Waals surface area contributed by atoms with Crippen LogP contribution in [0.15, 0.2) is 36.4 Å². The number of carboxylic acids is 1. The van der Waals surface area contributed by atoms with Gasteiger partial charge in [0.1, 0.15) is 29.1 Å². The van der Waals surface area contributed by atoms with Crippen LogP contribution in [0, 0.1) is 17.6 Å². The highest BCUT2D eigenvalue weighted by Crippen LogP contribution is 2.47. The van der Waals surface area contributed by atoms with Gasteiger partial charge in [0, 0.05) is 19.1 Å². The summed E-state index contributed by atoms with van der Waals surface area (Å²) in [6.07, 6.45) is -0.637. The molecule has 1 saturated carbocycles. The molecule has 2 N–H and O–H groups in total. The minimum Gasteiger partial charge on any atom is -0.489 e. The van der Waals surface area contributed by atoms with Gasteiger partial charge in [0.2, 0.25) is 0 Å². The molecule has 1 aliphatic carbocycles. The number of likely N-dealkylation sites (tertiary alicyclic amines) is 1. The third-order valence-electron chi connectivity index (χ3n) is 8.14. The maximum Gasteiger partial charge on any atom is 0.416 e. The van der Waals surface area contributed by atoms with Gasteiger partial charge in [-0.1, -0.05) is 0 Å². The number of alkyl halides is 3. The number of hydrogen-bond acceptors (Lipinski definition) is 5. The molecule has 2 aromatic carbocycles. The normalized spacial score (nSPS) is 25.5. The van der Waals surface area contributed by atoms with Crippen LogP contribution in [0.25, 0.3) is 0 Å². The van der Waals surface area contributed by atoms with Crippen LogP contribution in [-0.2, 0) is 22.3 Å². The predicted molar refractivity (Wildman–Crippen MR) is 136 cm³/mol. The third kappa shape index (κ3) is 6.64. The maximum atomic E-state index is 13.8. The van der Waals surface area contributed by atoms with E-state index in [1.807, 2.05) is 0 Å². The van der Waals surface area contributed by atoms with Crippen molar-refractivity contribution in [1.82, 2.24) is 10.2 Å². The van der Waals surface area contributed by atoms with Crippen LogP contribution in [0.3, 0.4) is 0 Å². The van der Waals surface area contributed by atoms with E-state index in [1.165, 1.54) is 12.1 Å². The first-order valence-corrected chi connectivity index (χ1v) is 13.7. The fourth-order valence-corrected chi connectivity index (χ4v) is 5.88. The molecule has 12 heteroatoms. The van der Waals surface area contributed by atoms with Crippen molar-refractivity contribution in [2.45, 2.75) is 69.0 Å². The van der Waals surface area contributed by atoms with Gasteiger partial charge in [-0.05, 0) is 92.9 Å². The third-order valence-corrected chi connectivity index (χ3v) is 8.14. The number of amides is 1. The zero-order valence-corrected chi connectivity index (χ0v) is 22.2.